The molecular weight excluding hydrogens is 182 g/mol. The highest BCUT2D eigenvalue weighted by atomic mass is 16.5. The lowest BCUT2D eigenvalue weighted by Gasteiger charge is -2.20. The van der Waals surface area contributed by atoms with E-state index in [4.69, 9.17) is 4.74 Å². The molecule has 1 heterocycles. The zero-order valence-corrected chi connectivity index (χ0v) is 8.58. The molecule has 1 amide bonds. The molecule has 0 radical (unpaired) electrons. The van der Waals surface area contributed by atoms with Crippen LogP contribution >= 0.6 is 0 Å². The fourth-order valence-corrected chi connectivity index (χ4v) is 2.06. The van der Waals surface area contributed by atoms with E-state index in [9.17, 15) is 9.59 Å². The third-order valence-electron chi connectivity index (χ3n) is 3.05. The lowest BCUT2D eigenvalue weighted by molar-refractivity contribution is -0.151. The van der Waals surface area contributed by atoms with E-state index in [1.165, 1.54) is 7.11 Å². The van der Waals surface area contributed by atoms with Crippen molar-refractivity contribution >= 4 is 11.9 Å². The molecule has 1 saturated carbocycles. The summed E-state index contributed by atoms with van der Waals surface area (Å²) in [5.41, 5.74) is -0.617. The first-order valence-corrected chi connectivity index (χ1v) is 4.95. The number of methoxy groups -OCH3 is 1. The number of nitrogens with zero attached hydrogens (tertiary/aromatic N) is 1. The Morgan fingerprint density at radius 1 is 1.57 bits per heavy atom. The zero-order valence-electron chi connectivity index (χ0n) is 8.58. The van der Waals surface area contributed by atoms with Crippen molar-refractivity contribution < 1.29 is 14.3 Å². The van der Waals surface area contributed by atoms with Gasteiger partial charge in [-0.05, 0) is 19.8 Å². The molecule has 0 bridgehead atoms. The normalized spacial score (nSPS) is 32.1. The fourth-order valence-electron chi connectivity index (χ4n) is 2.06. The van der Waals surface area contributed by atoms with Gasteiger partial charge in [-0.1, -0.05) is 0 Å². The van der Waals surface area contributed by atoms with Crippen molar-refractivity contribution in [3.8, 4) is 0 Å². The summed E-state index contributed by atoms with van der Waals surface area (Å²) >= 11 is 0. The highest BCUT2D eigenvalue weighted by Crippen LogP contribution is 2.38. The summed E-state index contributed by atoms with van der Waals surface area (Å²) in [4.78, 5) is 24.9. The molecule has 2 aliphatic rings. The Bertz CT molecular complexity index is 285. The number of hydrogen-bond acceptors (Lipinski definition) is 3. The minimum absolute atomic E-state index is 0.0976. The largest absolute Gasteiger partial charge is 0.469 e. The number of amides is 1. The molecule has 0 aromatic heterocycles. The minimum Gasteiger partial charge on any atom is -0.469 e. The monoisotopic (exact) mass is 197 g/mol. The van der Waals surface area contributed by atoms with Gasteiger partial charge >= 0.3 is 5.97 Å². The van der Waals surface area contributed by atoms with E-state index in [1.54, 1.807) is 6.92 Å². The van der Waals surface area contributed by atoms with Crippen LogP contribution in [0.15, 0.2) is 0 Å². The second kappa shape index (κ2) is 2.97. The summed E-state index contributed by atoms with van der Waals surface area (Å²) in [6.45, 7) is 2.34. The molecule has 4 heteroatoms. The van der Waals surface area contributed by atoms with E-state index in [-0.39, 0.29) is 11.9 Å². The molecule has 1 saturated heterocycles. The van der Waals surface area contributed by atoms with Crippen molar-refractivity contribution in [1.82, 2.24) is 4.90 Å². The number of likely N-dealkylation sites (tertiary alicyclic amines) is 1. The molecule has 1 atom stereocenters. The first-order chi connectivity index (χ1) is 6.57. The Labute approximate surface area is 83.2 Å². The Hall–Kier alpha value is -1.06. The van der Waals surface area contributed by atoms with E-state index in [0.29, 0.717) is 19.0 Å². The molecule has 4 nitrogen and oxygen atoms in total. The van der Waals surface area contributed by atoms with E-state index >= 15 is 0 Å². The summed E-state index contributed by atoms with van der Waals surface area (Å²) in [5.74, 6) is -0.172. The van der Waals surface area contributed by atoms with E-state index < -0.39 is 5.41 Å². The number of carbonyl (C=O) groups excluding carboxylic acids is 2. The van der Waals surface area contributed by atoms with Crippen LogP contribution in [-0.4, -0.2) is 36.5 Å². The predicted molar refractivity (Wildman–Crippen MR) is 49.5 cm³/mol. The van der Waals surface area contributed by atoms with Gasteiger partial charge in [-0.25, -0.2) is 0 Å². The molecule has 1 aliphatic heterocycles. The van der Waals surface area contributed by atoms with Gasteiger partial charge in [0.2, 0.25) is 5.91 Å². The van der Waals surface area contributed by atoms with Crippen LogP contribution in [0.25, 0.3) is 0 Å². The van der Waals surface area contributed by atoms with Crippen LogP contribution in [0.4, 0.5) is 0 Å². The summed E-state index contributed by atoms with van der Waals surface area (Å²) in [5, 5.41) is 0. The molecule has 0 spiro atoms. The van der Waals surface area contributed by atoms with E-state index in [0.717, 1.165) is 12.8 Å². The van der Waals surface area contributed by atoms with Gasteiger partial charge in [0.05, 0.1) is 12.5 Å². The predicted octanol–water partition coefficient (Wildman–Crippen LogP) is 0.560. The maximum Gasteiger partial charge on any atom is 0.313 e. The van der Waals surface area contributed by atoms with Gasteiger partial charge in [-0.15, -0.1) is 0 Å². The molecule has 0 aromatic carbocycles. The van der Waals surface area contributed by atoms with Crippen molar-refractivity contribution in [1.29, 1.82) is 0 Å². The zero-order chi connectivity index (χ0) is 10.3. The second-order valence-electron chi connectivity index (χ2n) is 4.48. The first-order valence-electron chi connectivity index (χ1n) is 4.95. The molecule has 0 N–H and O–H groups in total. The molecule has 1 unspecified atom stereocenters. The van der Waals surface area contributed by atoms with Crippen LogP contribution < -0.4 is 0 Å². The van der Waals surface area contributed by atoms with Crippen LogP contribution in [0.3, 0.4) is 0 Å². The molecule has 2 fully saturated rings. The van der Waals surface area contributed by atoms with Crippen molar-refractivity contribution in [3.05, 3.63) is 0 Å². The lowest BCUT2D eigenvalue weighted by Crippen LogP contribution is -2.34. The van der Waals surface area contributed by atoms with E-state index in [1.807, 2.05) is 4.90 Å². The van der Waals surface area contributed by atoms with Crippen LogP contribution in [0.5, 0.6) is 0 Å². The van der Waals surface area contributed by atoms with Gasteiger partial charge in [0, 0.05) is 19.0 Å². The van der Waals surface area contributed by atoms with Crippen LogP contribution in [0.1, 0.15) is 26.2 Å². The first kappa shape index (κ1) is 9.49. The van der Waals surface area contributed by atoms with Gasteiger partial charge < -0.3 is 9.64 Å². The molecule has 2 rings (SSSR count). The number of hydrogen-bond donors (Lipinski definition) is 0. The standard InChI is InChI=1S/C10H15NO3/c1-10(9(13)14-2)5-8(12)11(6-10)7-3-4-7/h7H,3-6H2,1-2H3. The quantitative estimate of drug-likeness (QED) is 0.608. The fraction of sp³-hybridized carbons (Fsp3) is 0.800. The summed E-state index contributed by atoms with van der Waals surface area (Å²) < 4.78 is 4.72. The van der Waals surface area contributed by atoms with Crippen molar-refractivity contribution in [3.63, 3.8) is 0 Å². The van der Waals surface area contributed by atoms with E-state index in [2.05, 4.69) is 0 Å². The molecule has 1 aliphatic carbocycles. The summed E-state index contributed by atoms with van der Waals surface area (Å²) in [6, 6.07) is 0.397. The van der Waals surface area contributed by atoms with Crippen molar-refractivity contribution in [2.24, 2.45) is 5.41 Å². The number of rotatable bonds is 2. The average Bonchev–Trinajstić information content (AvgIpc) is 2.92. The summed E-state index contributed by atoms with van der Waals surface area (Å²) in [6.07, 6.45) is 2.47. The average molecular weight is 197 g/mol. The van der Waals surface area contributed by atoms with Crippen LogP contribution in [-0.2, 0) is 14.3 Å². The van der Waals surface area contributed by atoms with Gasteiger partial charge in [0.25, 0.3) is 0 Å². The van der Waals surface area contributed by atoms with Gasteiger partial charge in [-0.3, -0.25) is 9.59 Å². The Morgan fingerprint density at radius 3 is 2.71 bits per heavy atom. The molecule has 14 heavy (non-hydrogen) atoms. The highest BCUT2D eigenvalue weighted by molar-refractivity contribution is 5.89. The summed E-state index contributed by atoms with van der Waals surface area (Å²) in [7, 11) is 1.37. The van der Waals surface area contributed by atoms with Gasteiger partial charge in [0.1, 0.15) is 0 Å². The van der Waals surface area contributed by atoms with Crippen molar-refractivity contribution in [2.75, 3.05) is 13.7 Å². The molecular formula is C10H15NO3. The third kappa shape index (κ3) is 1.38. The lowest BCUT2D eigenvalue weighted by atomic mass is 9.90. The Morgan fingerprint density at radius 2 is 2.21 bits per heavy atom. The maximum absolute atomic E-state index is 11.6. The number of ether oxygens (including phenoxy) is 1. The topological polar surface area (TPSA) is 46.6 Å². The highest BCUT2D eigenvalue weighted by Gasteiger charge is 2.49. The Balaban J connectivity index is 2.10. The Kier molecular flexibility index (Phi) is 2.01. The number of carbonyl (C=O) groups is 2. The minimum atomic E-state index is -0.617. The van der Waals surface area contributed by atoms with Gasteiger partial charge in [-0.2, -0.15) is 0 Å². The van der Waals surface area contributed by atoms with Gasteiger partial charge in [0.15, 0.2) is 0 Å². The van der Waals surface area contributed by atoms with Crippen molar-refractivity contribution in [2.45, 2.75) is 32.2 Å². The second-order valence-corrected chi connectivity index (χ2v) is 4.48. The van der Waals surface area contributed by atoms with Crippen LogP contribution in [0.2, 0.25) is 0 Å². The number of esters is 1. The smallest absolute Gasteiger partial charge is 0.313 e. The van der Waals surface area contributed by atoms with Crippen LogP contribution in [0, 0.1) is 5.41 Å². The SMILES string of the molecule is COC(=O)C1(C)CC(=O)N(C2CC2)C1. The molecule has 0 aromatic rings. The third-order valence-corrected chi connectivity index (χ3v) is 3.05. The maximum atomic E-state index is 11.6. The molecule has 78 valence electrons.